The van der Waals surface area contributed by atoms with Crippen molar-refractivity contribution < 1.29 is 22.7 Å². The van der Waals surface area contributed by atoms with Crippen molar-refractivity contribution in [3.63, 3.8) is 0 Å². The minimum atomic E-state index is -3.83. The van der Waals surface area contributed by atoms with Crippen molar-refractivity contribution in [3.8, 4) is 6.07 Å². The lowest BCUT2D eigenvalue weighted by molar-refractivity contribution is -0.112. The maximum Gasteiger partial charge on any atom is 0.410 e. The first-order valence-corrected chi connectivity index (χ1v) is 10.7. The lowest BCUT2D eigenvalue weighted by Crippen LogP contribution is -2.48. The summed E-state index contributed by atoms with van der Waals surface area (Å²) in [6.45, 7) is 7.08. The predicted octanol–water partition coefficient (Wildman–Crippen LogP) is 1.23. The Labute approximate surface area is 175 Å². The number of nitrogens with zero attached hydrogens (tertiary/aromatic N) is 3. The van der Waals surface area contributed by atoms with Gasteiger partial charge in [-0.3, -0.25) is 4.79 Å². The maximum absolute atomic E-state index is 12.4. The Morgan fingerprint density at radius 3 is 2.20 bits per heavy atom. The molecule has 0 spiro atoms. The molecule has 1 aliphatic heterocycles. The molecular weight excluding hydrogens is 410 g/mol. The summed E-state index contributed by atoms with van der Waals surface area (Å²) in [5.41, 5.74) is -0.369. The zero-order valence-electron chi connectivity index (χ0n) is 17.1. The van der Waals surface area contributed by atoms with Crippen LogP contribution >= 0.6 is 0 Å². The highest BCUT2D eigenvalue weighted by molar-refractivity contribution is 7.89. The third-order valence-electron chi connectivity index (χ3n) is 4.08. The van der Waals surface area contributed by atoms with Gasteiger partial charge in [-0.25, -0.2) is 18.4 Å². The Balaban J connectivity index is 1.97. The van der Waals surface area contributed by atoms with Crippen LogP contribution in [0.2, 0.25) is 0 Å². The summed E-state index contributed by atoms with van der Waals surface area (Å²) in [6, 6.07) is 7.14. The number of anilines is 1. The van der Waals surface area contributed by atoms with E-state index in [0.717, 1.165) is 0 Å². The van der Waals surface area contributed by atoms with Crippen molar-refractivity contribution in [2.45, 2.75) is 31.3 Å². The van der Waals surface area contributed by atoms with Crippen LogP contribution < -0.4 is 10.5 Å². The van der Waals surface area contributed by atoms with Gasteiger partial charge < -0.3 is 19.9 Å². The normalized spacial score (nSPS) is 15.4. The number of hydrogen-bond donors (Lipinski definition) is 2. The largest absolute Gasteiger partial charge is 0.444 e. The number of nitrogens with one attached hydrogen (secondary N) is 1. The molecule has 11 heteroatoms. The molecule has 0 aromatic heterocycles. The summed E-state index contributed by atoms with van der Waals surface area (Å²) in [6.07, 6.45) is 1.05. The summed E-state index contributed by atoms with van der Waals surface area (Å²) in [4.78, 5) is 27.8. The van der Waals surface area contributed by atoms with Crippen LogP contribution in [0.25, 0.3) is 0 Å². The number of primary sulfonamides is 1. The van der Waals surface area contributed by atoms with Crippen molar-refractivity contribution in [1.29, 1.82) is 5.26 Å². The van der Waals surface area contributed by atoms with Crippen molar-refractivity contribution >= 4 is 27.7 Å². The molecule has 1 saturated heterocycles. The number of carbonyl (C=O) groups excluding carboxylic acids is 2. The zero-order chi connectivity index (χ0) is 22.5. The summed E-state index contributed by atoms with van der Waals surface area (Å²) in [5.74, 6) is -0.629. The molecule has 0 radical (unpaired) electrons. The van der Waals surface area contributed by atoms with Gasteiger partial charge in [0.05, 0.1) is 4.90 Å². The first-order chi connectivity index (χ1) is 13.9. The minimum Gasteiger partial charge on any atom is -0.444 e. The van der Waals surface area contributed by atoms with E-state index in [4.69, 9.17) is 9.88 Å². The summed E-state index contributed by atoms with van der Waals surface area (Å²) in [7, 11) is -3.83. The van der Waals surface area contributed by atoms with Gasteiger partial charge in [-0.15, -0.1) is 0 Å². The van der Waals surface area contributed by atoms with E-state index < -0.39 is 27.6 Å². The second-order valence-electron chi connectivity index (χ2n) is 7.68. The van der Waals surface area contributed by atoms with Crippen LogP contribution in [0.15, 0.2) is 40.9 Å². The topological polar surface area (TPSA) is 146 Å². The van der Waals surface area contributed by atoms with Crippen LogP contribution in [0, 0.1) is 11.3 Å². The Morgan fingerprint density at radius 1 is 1.17 bits per heavy atom. The van der Waals surface area contributed by atoms with Gasteiger partial charge in [0.2, 0.25) is 10.0 Å². The molecule has 1 aliphatic rings. The van der Waals surface area contributed by atoms with Gasteiger partial charge in [0, 0.05) is 38.1 Å². The molecule has 0 atom stereocenters. The number of hydrogen-bond acceptors (Lipinski definition) is 7. The van der Waals surface area contributed by atoms with Crippen LogP contribution in [0.4, 0.5) is 10.5 Å². The average molecular weight is 436 g/mol. The molecule has 30 heavy (non-hydrogen) atoms. The fourth-order valence-corrected chi connectivity index (χ4v) is 3.12. The third-order valence-corrected chi connectivity index (χ3v) is 5.01. The van der Waals surface area contributed by atoms with Crippen LogP contribution in [-0.4, -0.2) is 62.0 Å². The van der Waals surface area contributed by atoms with Gasteiger partial charge in [-0.2, -0.15) is 5.26 Å². The third kappa shape index (κ3) is 6.75. The second-order valence-corrected chi connectivity index (χ2v) is 9.24. The van der Waals surface area contributed by atoms with E-state index in [1.54, 1.807) is 30.6 Å². The second kappa shape index (κ2) is 9.15. The Kier molecular flexibility index (Phi) is 7.07. The van der Waals surface area contributed by atoms with Gasteiger partial charge in [-0.05, 0) is 45.0 Å². The monoisotopic (exact) mass is 435 g/mol. The lowest BCUT2D eigenvalue weighted by Gasteiger charge is -2.35. The van der Waals surface area contributed by atoms with E-state index in [9.17, 15) is 23.3 Å². The number of amides is 2. The van der Waals surface area contributed by atoms with Gasteiger partial charge >= 0.3 is 6.09 Å². The van der Waals surface area contributed by atoms with Crippen molar-refractivity contribution in [1.82, 2.24) is 9.80 Å². The van der Waals surface area contributed by atoms with E-state index in [1.807, 2.05) is 6.07 Å². The predicted molar refractivity (Wildman–Crippen MR) is 110 cm³/mol. The Morgan fingerprint density at radius 2 is 1.73 bits per heavy atom. The Hall–Kier alpha value is -3.10. The Bertz CT molecular complexity index is 966. The van der Waals surface area contributed by atoms with E-state index in [0.29, 0.717) is 31.9 Å². The molecule has 0 unspecified atom stereocenters. The van der Waals surface area contributed by atoms with Gasteiger partial charge in [-0.1, -0.05) is 0 Å². The molecule has 1 fully saturated rings. The quantitative estimate of drug-likeness (QED) is 0.534. The molecule has 3 N–H and O–H groups in total. The first kappa shape index (κ1) is 23.2. The van der Waals surface area contributed by atoms with Crippen LogP contribution in [0.5, 0.6) is 0 Å². The van der Waals surface area contributed by atoms with Crippen LogP contribution in [0.3, 0.4) is 0 Å². The lowest BCUT2D eigenvalue weighted by atomic mass is 10.2. The molecule has 0 aliphatic carbocycles. The molecule has 2 rings (SSSR count). The molecule has 1 heterocycles. The van der Waals surface area contributed by atoms with Crippen LogP contribution in [0.1, 0.15) is 20.8 Å². The number of nitrogens with two attached hydrogens (primary N) is 1. The summed E-state index contributed by atoms with van der Waals surface area (Å²) < 4.78 is 27.9. The molecule has 162 valence electrons. The number of carbonyl (C=O) groups is 2. The first-order valence-electron chi connectivity index (χ1n) is 9.17. The van der Waals surface area contributed by atoms with Crippen LogP contribution in [-0.2, 0) is 19.6 Å². The van der Waals surface area contributed by atoms with Gasteiger partial charge in [0.25, 0.3) is 5.91 Å². The van der Waals surface area contributed by atoms with Gasteiger partial charge in [0.1, 0.15) is 17.2 Å². The molecule has 2 amide bonds. The fourth-order valence-electron chi connectivity index (χ4n) is 2.61. The van der Waals surface area contributed by atoms with E-state index in [-0.39, 0.29) is 10.5 Å². The van der Waals surface area contributed by atoms with Crippen molar-refractivity contribution in [2.24, 2.45) is 5.14 Å². The number of nitriles is 1. The molecule has 10 nitrogen and oxygen atoms in total. The highest BCUT2D eigenvalue weighted by Crippen LogP contribution is 2.15. The molecule has 1 aromatic carbocycles. The number of piperazine rings is 1. The zero-order valence-corrected chi connectivity index (χ0v) is 17.9. The summed E-state index contributed by atoms with van der Waals surface area (Å²) in [5, 5.41) is 16.9. The van der Waals surface area contributed by atoms with Gasteiger partial charge in [0.15, 0.2) is 0 Å². The SMILES string of the molecule is CC(C)(C)OC(=O)N1CCN(/C=C(/C#N)C(=O)Nc2ccc(S(N)(=O)=O)cc2)CC1. The number of benzene rings is 1. The fraction of sp³-hybridized carbons (Fsp3) is 0.421. The van der Waals surface area contributed by atoms with Crippen molar-refractivity contribution in [2.75, 3.05) is 31.5 Å². The highest BCUT2D eigenvalue weighted by Gasteiger charge is 2.25. The number of sulfonamides is 1. The van der Waals surface area contributed by atoms with E-state index in [2.05, 4.69) is 5.32 Å². The standard InChI is InChI=1S/C19H25N5O5S/c1-19(2,3)29-18(26)24-10-8-23(9-11-24)13-14(12-20)17(25)22-15-4-6-16(7-5-15)30(21,27)28/h4-7,13H,8-11H2,1-3H3,(H,22,25)(H2,21,27,28)/b14-13-. The molecular formula is C19H25N5O5S. The van der Waals surface area contributed by atoms with E-state index >= 15 is 0 Å². The molecule has 0 saturated carbocycles. The van der Waals surface area contributed by atoms with Crippen molar-refractivity contribution in [3.05, 3.63) is 36.0 Å². The molecule has 1 aromatic rings. The average Bonchev–Trinajstić information content (AvgIpc) is 2.64. The minimum absolute atomic E-state index is 0.0839. The smallest absolute Gasteiger partial charge is 0.410 e. The summed E-state index contributed by atoms with van der Waals surface area (Å²) >= 11 is 0. The highest BCUT2D eigenvalue weighted by atomic mass is 32.2. The molecule has 0 bridgehead atoms. The number of ether oxygens (including phenoxy) is 1. The number of rotatable bonds is 4. The maximum atomic E-state index is 12.4. The van der Waals surface area contributed by atoms with E-state index in [1.165, 1.54) is 30.5 Å².